The summed E-state index contributed by atoms with van der Waals surface area (Å²) < 4.78 is 15.2. The van der Waals surface area contributed by atoms with Gasteiger partial charge in [0.15, 0.2) is 23.9 Å². The fourth-order valence-electron chi connectivity index (χ4n) is 1.95. The number of anilines is 1. The van der Waals surface area contributed by atoms with Crippen molar-refractivity contribution in [3.63, 3.8) is 0 Å². The maximum absolute atomic E-state index is 11.8. The minimum atomic E-state index is -0.522. The van der Waals surface area contributed by atoms with Gasteiger partial charge in [0.2, 0.25) is 6.79 Å². The molecular weight excluding hydrogens is 290 g/mol. The van der Waals surface area contributed by atoms with Crippen LogP contribution in [0, 0.1) is 0 Å². The standard InChI is InChI=1S/C15H17NO6/c1-3-4-15(19)20-7-14(18)16-11-6-13-12(21-8-22-13)5-10(11)9(2)17/h5-6H,3-4,7-8H2,1-2H3,(H,16,18). The second kappa shape index (κ2) is 6.93. The first-order chi connectivity index (χ1) is 10.5. The summed E-state index contributed by atoms with van der Waals surface area (Å²) in [5.41, 5.74) is 0.603. The molecule has 0 aromatic heterocycles. The number of amides is 1. The van der Waals surface area contributed by atoms with E-state index >= 15 is 0 Å². The van der Waals surface area contributed by atoms with E-state index in [9.17, 15) is 14.4 Å². The number of ether oxygens (including phenoxy) is 3. The van der Waals surface area contributed by atoms with Crippen molar-refractivity contribution in [3.05, 3.63) is 17.7 Å². The highest BCUT2D eigenvalue weighted by Crippen LogP contribution is 2.37. The molecule has 0 atom stereocenters. The first-order valence-corrected chi connectivity index (χ1v) is 6.91. The molecule has 0 unspecified atom stereocenters. The first-order valence-electron chi connectivity index (χ1n) is 6.91. The molecule has 0 saturated heterocycles. The number of carbonyl (C=O) groups is 3. The van der Waals surface area contributed by atoms with Gasteiger partial charge in [-0.1, -0.05) is 6.92 Å². The lowest BCUT2D eigenvalue weighted by atomic mass is 10.1. The van der Waals surface area contributed by atoms with Gasteiger partial charge in [0.1, 0.15) is 0 Å². The highest BCUT2D eigenvalue weighted by Gasteiger charge is 2.20. The zero-order chi connectivity index (χ0) is 16.1. The van der Waals surface area contributed by atoms with Gasteiger partial charge in [-0.15, -0.1) is 0 Å². The maximum Gasteiger partial charge on any atom is 0.306 e. The number of hydrogen-bond acceptors (Lipinski definition) is 6. The first kappa shape index (κ1) is 15.8. The van der Waals surface area contributed by atoms with Crippen molar-refractivity contribution in [2.45, 2.75) is 26.7 Å². The Hall–Kier alpha value is -2.57. The van der Waals surface area contributed by atoms with Crippen LogP contribution in [0.1, 0.15) is 37.0 Å². The van der Waals surface area contributed by atoms with Crippen molar-refractivity contribution in [1.29, 1.82) is 0 Å². The van der Waals surface area contributed by atoms with E-state index in [2.05, 4.69) is 5.32 Å². The minimum absolute atomic E-state index is 0.0682. The topological polar surface area (TPSA) is 90.9 Å². The molecule has 1 heterocycles. The quantitative estimate of drug-likeness (QED) is 0.637. The van der Waals surface area contributed by atoms with Crippen LogP contribution in [0.3, 0.4) is 0 Å². The second-order valence-corrected chi connectivity index (χ2v) is 4.77. The molecule has 1 aromatic rings. The number of nitrogens with one attached hydrogen (secondary N) is 1. The Bertz CT molecular complexity index is 610. The molecule has 1 aliphatic rings. The number of rotatable bonds is 6. The summed E-state index contributed by atoms with van der Waals surface area (Å²) in [7, 11) is 0. The normalized spacial score (nSPS) is 11.9. The Morgan fingerprint density at radius 3 is 2.55 bits per heavy atom. The smallest absolute Gasteiger partial charge is 0.306 e. The van der Waals surface area contributed by atoms with Gasteiger partial charge >= 0.3 is 5.97 Å². The van der Waals surface area contributed by atoms with Crippen LogP contribution in [0.15, 0.2) is 12.1 Å². The number of esters is 1. The SMILES string of the molecule is CCCC(=O)OCC(=O)Nc1cc2c(cc1C(C)=O)OCO2. The van der Waals surface area contributed by atoms with Crippen LogP contribution < -0.4 is 14.8 Å². The highest BCUT2D eigenvalue weighted by atomic mass is 16.7. The van der Waals surface area contributed by atoms with Gasteiger partial charge < -0.3 is 19.5 Å². The van der Waals surface area contributed by atoms with Crippen LogP contribution in [0.2, 0.25) is 0 Å². The van der Waals surface area contributed by atoms with Crippen molar-refractivity contribution in [1.82, 2.24) is 0 Å². The molecule has 1 N–H and O–H groups in total. The molecule has 0 spiro atoms. The minimum Gasteiger partial charge on any atom is -0.456 e. The molecule has 2 rings (SSSR count). The largest absolute Gasteiger partial charge is 0.456 e. The molecule has 1 aromatic carbocycles. The Morgan fingerprint density at radius 2 is 1.91 bits per heavy atom. The molecule has 7 heteroatoms. The van der Waals surface area contributed by atoms with Crippen LogP contribution in [0.5, 0.6) is 11.5 Å². The van der Waals surface area contributed by atoms with E-state index in [-0.39, 0.29) is 19.0 Å². The van der Waals surface area contributed by atoms with Crippen LogP contribution in [-0.2, 0) is 14.3 Å². The zero-order valence-electron chi connectivity index (χ0n) is 12.4. The van der Waals surface area contributed by atoms with Gasteiger partial charge in [0.05, 0.1) is 5.69 Å². The van der Waals surface area contributed by atoms with E-state index in [4.69, 9.17) is 14.2 Å². The van der Waals surface area contributed by atoms with Crippen LogP contribution >= 0.6 is 0 Å². The Balaban J connectivity index is 2.07. The lowest BCUT2D eigenvalue weighted by molar-refractivity contribution is -0.147. The van der Waals surface area contributed by atoms with E-state index in [1.807, 2.05) is 6.92 Å². The number of hydrogen-bond donors (Lipinski definition) is 1. The fourth-order valence-corrected chi connectivity index (χ4v) is 1.95. The van der Waals surface area contributed by atoms with Crippen molar-refractivity contribution in [2.75, 3.05) is 18.7 Å². The Labute approximate surface area is 127 Å². The summed E-state index contributed by atoms with van der Waals surface area (Å²) in [6.07, 6.45) is 0.910. The van der Waals surface area contributed by atoms with Gasteiger partial charge in [-0.2, -0.15) is 0 Å². The third-order valence-corrected chi connectivity index (χ3v) is 2.98. The van der Waals surface area contributed by atoms with Crippen LogP contribution in [-0.4, -0.2) is 31.1 Å². The van der Waals surface area contributed by atoms with Crippen molar-refractivity contribution in [2.24, 2.45) is 0 Å². The second-order valence-electron chi connectivity index (χ2n) is 4.77. The molecule has 22 heavy (non-hydrogen) atoms. The van der Waals surface area contributed by atoms with E-state index in [0.717, 1.165) is 0 Å². The average Bonchev–Trinajstić information content (AvgIpc) is 2.91. The summed E-state index contributed by atoms with van der Waals surface area (Å²) in [6.45, 7) is 2.89. The molecule has 0 aliphatic carbocycles. The monoisotopic (exact) mass is 307 g/mol. The van der Waals surface area contributed by atoms with Gasteiger partial charge in [0, 0.05) is 18.1 Å². The number of fused-ring (bicyclic) bond motifs is 1. The van der Waals surface area contributed by atoms with Crippen molar-refractivity contribution < 1.29 is 28.6 Å². The average molecular weight is 307 g/mol. The van der Waals surface area contributed by atoms with Crippen molar-refractivity contribution >= 4 is 23.3 Å². The molecule has 118 valence electrons. The summed E-state index contributed by atoms with van der Waals surface area (Å²) >= 11 is 0. The number of carbonyl (C=O) groups excluding carboxylic acids is 3. The Morgan fingerprint density at radius 1 is 1.23 bits per heavy atom. The predicted octanol–water partition coefficient (Wildman–Crippen LogP) is 1.90. The maximum atomic E-state index is 11.8. The van der Waals surface area contributed by atoms with E-state index in [0.29, 0.717) is 29.2 Å². The van der Waals surface area contributed by atoms with Gasteiger partial charge in [0.25, 0.3) is 5.91 Å². The predicted molar refractivity (Wildman–Crippen MR) is 77.1 cm³/mol. The highest BCUT2D eigenvalue weighted by molar-refractivity contribution is 6.05. The molecule has 1 aliphatic heterocycles. The fraction of sp³-hybridized carbons (Fsp3) is 0.400. The summed E-state index contributed by atoms with van der Waals surface area (Å²) in [4.78, 5) is 34.7. The number of benzene rings is 1. The Kier molecular flexibility index (Phi) is 4.98. The van der Waals surface area contributed by atoms with Crippen molar-refractivity contribution in [3.8, 4) is 11.5 Å². The van der Waals surface area contributed by atoms with E-state index in [1.54, 1.807) is 0 Å². The van der Waals surface area contributed by atoms with Gasteiger partial charge in [-0.05, 0) is 19.4 Å². The molecule has 0 saturated carbocycles. The molecular formula is C15H17NO6. The van der Waals surface area contributed by atoms with E-state index in [1.165, 1.54) is 19.1 Å². The van der Waals surface area contributed by atoms with Crippen LogP contribution in [0.4, 0.5) is 5.69 Å². The zero-order valence-corrected chi connectivity index (χ0v) is 12.4. The number of Topliss-reactive ketones (excluding diaryl/α,β-unsaturated/α-hetero) is 1. The van der Waals surface area contributed by atoms with E-state index < -0.39 is 18.5 Å². The third kappa shape index (κ3) is 3.75. The lowest BCUT2D eigenvalue weighted by Crippen LogP contribution is -2.21. The summed E-state index contributed by atoms with van der Waals surface area (Å²) in [6, 6.07) is 3.04. The molecule has 0 bridgehead atoms. The summed E-state index contributed by atoms with van der Waals surface area (Å²) in [5.74, 6) is -0.279. The van der Waals surface area contributed by atoms with Gasteiger partial charge in [-0.25, -0.2) is 0 Å². The molecule has 7 nitrogen and oxygen atoms in total. The lowest BCUT2D eigenvalue weighted by Gasteiger charge is -2.10. The third-order valence-electron chi connectivity index (χ3n) is 2.98. The van der Waals surface area contributed by atoms with Gasteiger partial charge in [-0.3, -0.25) is 14.4 Å². The molecule has 0 fully saturated rings. The number of ketones is 1. The summed E-state index contributed by atoms with van der Waals surface area (Å²) in [5, 5.41) is 2.55. The molecule has 0 radical (unpaired) electrons. The molecule has 1 amide bonds. The van der Waals surface area contributed by atoms with Crippen LogP contribution in [0.25, 0.3) is 0 Å².